The third-order valence-electron chi connectivity index (χ3n) is 3.40. The number of aromatic hydroxyl groups is 1. The van der Waals surface area contributed by atoms with Gasteiger partial charge in [-0.3, -0.25) is 4.79 Å². The molecule has 21 heavy (non-hydrogen) atoms. The summed E-state index contributed by atoms with van der Waals surface area (Å²) in [5.41, 5.74) is 1.59. The third kappa shape index (κ3) is 2.25. The zero-order valence-corrected chi connectivity index (χ0v) is 11.8. The Morgan fingerprint density at radius 1 is 1.05 bits per heavy atom. The molecule has 106 valence electrons. The van der Waals surface area contributed by atoms with Crippen molar-refractivity contribution in [2.24, 2.45) is 0 Å². The summed E-state index contributed by atoms with van der Waals surface area (Å²) < 4.78 is 5.73. The molecular formula is C17H15NO3. The summed E-state index contributed by atoms with van der Waals surface area (Å²) in [5, 5.41) is 10.5. The van der Waals surface area contributed by atoms with Crippen molar-refractivity contribution in [2.45, 2.75) is 0 Å². The fraction of sp³-hybridized carbons (Fsp3) is 0.118. The van der Waals surface area contributed by atoms with Crippen LogP contribution in [0.4, 0.5) is 5.69 Å². The highest BCUT2D eigenvalue weighted by Crippen LogP contribution is 2.30. The van der Waals surface area contributed by atoms with Gasteiger partial charge in [0, 0.05) is 25.3 Å². The van der Waals surface area contributed by atoms with Crippen molar-refractivity contribution in [3.05, 3.63) is 58.8 Å². The number of rotatable bonds is 2. The van der Waals surface area contributed by atoms with Crippen molar-refractivity contribution in [3.8, 4) is 17.1 Å². The van der Waals surface area contributed by atoms with Gasteiger partial charge in [-0.05, 0) is 18.2 Å². The lowest BCUT2D eigenvalue weighted by Gasteiger charge is -2.13. The predicted octanol–water partition coefficient (Wildman–Crippen LogP) is 3.23. The smallest absolute Gasteiger partial charge is 0.235 e. The largest absolute Gasteiger partial charge is 0.502 e. The second kappa shape index (κ2) is 4.98. The molecule has 0 saturated heterocycles. The molecule has 1 N–H and O–H groups in total. The summed E-state index contributed by atoms with van der Waals surface area (Å²) in [7, 11) is 3.78. The summed E-state index contributed by atoms with van der Waals surface area (Å²) >= 11 is 0. The first-order valence-corrected chi connectivity index (χ1v) is 6.60. The number of nitrogens with zero attached hydrogens (tertiary/aromatic N) is 1. The van der Waals surface area contributed by atoms with Gasteiger partial charge in [0.25, 0.3) is 0 Å². The Morgan fingerprint density at radius 3 is 2.43 bits per heavy atom. The highest BCUT2D eigenvalue weighted by atomic mass is 16.4. The van der Waals surface area contributed by atoms with Crippen molar-refractivity contribution in [3.63, 3.8) is 0 Å². The second-order valence-corrected chi connectivity index (χ2v) is 5.05. The Labute approximate surface area is 121 Å². The van der Waals surface area contributed by atoms with Crippen LogP contribution in [0, 0.1) is 0 Å². The van der Waals surface area contributed by atoms with Crippen molar-refractivity contribution in [1.82, 2.24) is 0 Å². The van der Waals surface area contributed by atoms with Crippen LogP contribution in [0.2, 0.25) is 0 Å². The molecule has 0 unspecified atom stereocenters. The van der Waals surface area contributed by atoms with E-state index in [4.69, 9.17) is 4.42 Å². The molecule has 1 heterocycles. The average Bonchev–Trinajstić information content (AvgIpc) is 2.51. The molecule has 1 aromatic heterocycles. The molecule has 3 rings (SSSR count). The summed E-state index contributed by atoms with van der Waals surface area (Å²) in [6, 6.07) is 14.4. The Kier molecular flexibility index (Phi) is 3.14. The Bertz CT molecular complexity index is 851. The quantitative estimate of drug-likeness (QED) is 0.783. The summed E-state index contributed by atoms with van der Waals surface area (Å²) in [6.07, 6.45) is 0. The van der Waals surface area contributed by atoms with Crippen LogP contribution in [-0.2, 0) is 0 Å². The lowest BCUT2D eigenvalue weighted by molar-refractivity contribution is 0.449. The van der Waals surface area contributed by atoms with Crippen LogP contribution in [0.5, 0.6) is 5.75 Å². The van der Waals surface area contributed by atoms with Gasteiger partial charge in [-0.25, -0.2) is 0 Å². The maximum atomic E-state index is 12.4. The molecule has 0 aliphatic rings. The normalized spacial score (nSPS) is 10.8. The minimum Gasteiger partial charge on any atom is -0.502 e. The van der Waals surface area contributed by atoms with E-state index in [2.05, 4.69) is 0 Å². The van der Waals surface area contributed by atoms with E-state index in [0.29, 0.717) is 16.5 Å². The van der Waals surface area contributed by atoms with Gasteiger partial charge in [0.15, 0.2) is 5.76 Å². The molecule has 0 aliphatic carbocycles. The highest BCUT2D eigenvalue weighted by Gasteiger charge is 2.15. The standard InChI is InChI=1S/C17H15NO3/c1-18(2)12-8-9-14-13(10-12)15(19)16(20)17(21-14)11-6-4-3-5-7-11/h3-10,20H,1-2H3. The van der Waals surface area contributed by atoms with Crippen LogP contribution in [0.25, 0.3) is 22.3 Å². The molecule has 0 fully saturated rings. The fourth-order valence-electron chi connectivity index (χ4n) is 2.24. The van der Waals surface area contributed by atoms with E-state index in [1.54, 1.807) is 24.3 Å². The van der Waals surface area contributed by atoms with E-state index in [1.165, 1.54) is 0 Å². The molecule has 0 atom stereocenters. The van der Waals surface area contributed by atoms with Gasteiger partial charge in [0.1, 0.15) is 5.58 Å². The number of hydrogen-bond donors (Lipinski definition) is 1. The Balaban J connectivity index is 2.30. The second-order valence-electron chi connectivity index (χ2n) is 5.05. The number of benzene rings is 2. The lowest BCUT2D eigenvalue weighted by Crippen LogP contribution is -2.10. The number of anilines is 1. The Hall–Kier alpha value is -2.75. The molecule has 0 bridgehead atoms. The molecule has 0 radical (unpaired) electrons. The first kappa shape index (κ1) is 13.2. The van der Waals surface area contributed by atoms with E-state index >= 15 is 0 Å². The third-order valence-corrected chi connectivity index (χ3v) is 3.40. The van der Waals surface area contributed by atoms with Gasteiger partial charge >= 0.3 is 0 Å². The molecular weight excluding hydrogens is 266 g/mol. The van der Waals surface area contributed by atoms with Crippen molar-refractivity contribution in [2.75, 3.05) is 19.0 Å². The van der Waals surface area contributed by atoms with Crippen molar-refractivity contribution in [1.29, 1.82) is 0 Å². The molecule has 4 heteroatoms. The zero-order valence-electron chi connectivity index (χ0n) is 11.8. The monoisotopic (exact) mass is 281 g/mol. The summed E-state index contributed by atoms with van der Waals surface area (Å²) in [5.74, 6) is -0.157. The summed E-state index contributed by atoms with van der Waals surface area (Å²) in [4.78, 5) is 14.3. The van der Waals surface area contributed by atoms with E-state index in [9.17, 15) is 9.90 Å². The van der Waals surface area contributed by atoms with Crippen LogP contribution >= 0.6 is 0 Å². The zero-order chi connectivity index (χ0) is 15.0. The molecule has 2 aromatic carbocycles. The molecule has 0 aliphatic heterocycles. The fourth-order valence-corrected chi connectivity index (χ4v) is 2.24. The van der Waals surface area contributed by atoms with Gasteiger partial charge in [-0.1, -0.05) is 30.3 Å². The first-order chi connectivity index (χ1) is 10.1. The number of hydrogen-bond acceptors (Lipinski definition) is 4. The van der Waals surface area contributed by atoms with Gasteiger partial charge in [0.2, 0.25) is 11.2 Å². The van der Waals surface area contributed by atoms with Gasteiger partial charge < -0.3 is 14.4 Å². The van der Waals surface area contributed by atoms with Crippen LogP contribution in [-0.4, -0.2) is 19.2 Å². The van der Waals surface area contributed by atoms with E-state index in [0.717, 1.165) is 5.69 Å². The minimum atomic E-state index is -0.418. The topological polar surface area (TPSA) is 53.7 Å². The van der Waals surface area contributed by atoms with Crippen molar-refractivity contribution < 1.29 is 9.52 Å². The minimum absolute atomic E-state index is 0.200. The average molecular weight is 281 g/mol. The number of fused-ring (bicyclic) bond motifs is 1. The van der Waals surface area contributed by atoms with Gasteiger partial charge in [-0.2, -0.15) is 0 Å². The highest BCUT2D eigenvalue weighted by molar-refractivity contribution is 5.84. The van der Waals surface area contributed by atoms with E-state index < -0.39 is 5.43 Å². The lowest BCUT2D eigenvalue weighted by atomic mass is 10.1. The predicted molar refractivity (Wildman–Crippen MR) is 83.9 cm³/mol. The first-order valence-electron chi connectivity index (χ1n) is 6.60. The molecule has 3 aromatic rings. The van der Waals surface area contributed by atoms with Crippen LogP contribution in [0.3, 0.4) is 0 Å². The van der Waals surface area contributed by atoms with Crippen LogP contribution in [0.1, 0.15) is 0 Å². The Morgan fingerprint density at radius 2 is 1.76 bits per heavy atom. The van der Waals surface area contributed by atoms with E-state index in [-0.39, 0.29) is 11.5 Å². The SMILES string of the molecule is CN(C)c1ccc2oc(-c3ccccc3)c(O)c(=O)c2c1. The van der Waals surface area contributed by atoms with Crippen LogP contribution < -0.4 is 10.3 Å². The van der Waals surface area contributed by atoms with Gasteiger partial charge in [-0.15, -0.1) is 0 Å². The molecule has 0 spiro atoms. The van der Waals surface area contributed by atoms with Crippen molar-refractivity contribution >= 4 is 16.7 Å². The molecule has 0 saturated carbocycles. The van der Waals surface area contributed by atoms with Gasteiger partial charge in [0.05, 0.1) is 5.39 Å². The maximum Gasteiger partial charge on any atom is 0.235 e. The molecule has 0 amide bonds. The maximum absolute atomic E-state index is 12.4. The van der Waals surface area contributed by atoms with E-state index in [1.807, 2.05) is 43.3 Å². The van der Waals surface area contributed by atoms with Crippen LogP contribution in [0.15, 0.2) is 57.7 Å². The summed E-state index contributed by atoms with van der Waals surface area (Å²) in [6.45, 7) is 0. The molecule has 4 nitrogen and oxygen atoms in total.